The van der Waals surface area contributed by atoms with E-state index in [1.165, 1.54) is 49.7 Å². The quantitative estimate of drug-likeness (QED) is 0.291. The second kappa shape index (κ2) is 6.43. The molecule has 0 radical (unpaired) electrons. The van der Waals surface area contributed by atoms with Crippen molar-refractivity contribution in [1.82, 2.24) is 0 Å². The van der Waals surface area contributed by atoms with E-state index in [9.17, 15) is 0 Å². The van der Waals surface area contributed by atoms with Crippen molar-refractivity contribution in [2.75, 3.05) is 0 Å². The average molecular weight is 383 g/mol. The van der Waals surface area contributed by atoms with Gasteiger partial charge in [0.25, 0.3) is 0 Å². The summed E-state index contributed by atoms with van der Waals surface area (Å²) < 4.78 is 0. The Morgan fingerprint density at radius 3 is 2.03 bits per heavy atom. The van der Waals surface area contributed by atoms with Crippen molar-refractivity contribution in [3.8, 4) is 11.1 Å². The van der Waals surface area contributed by atoms with Crippen LogP contribution in [0.25, 0.3) is 21.9 Å². The molecule has 0 aromatic heterocycles. The van der Waals surface area contributed by atoms with Gasteiger partial charge in [0.15, 0.2) is 0 Å². The standard InChI is InChI=1S/C30H22/c1-21-15-18-27-26-13-7-8-14-28(26)30(29(27)19-21,24-11-3-2-4-12-24)25-17-16-22-9-5-6-10-23(22)20-25/h2-20H,1H3. The van der Waals surface area contributed by atoms with E-state index in [1.54, 1.807) is 0 Å². The number of hydrogen-bond acceptors (Lipinski definition) is 0. The van der Waals surface area contributed by atoms with Gasteiger partial charge in [-0.3, -0.25) is 0 Å². The second-order valence-corrected chi connectivity index (χ2v) is 8.27. The Labute approximate surface area is 177 Å². The highest BCUT2D eigenvalue weighted by Crippen LogP contribution is 2.56. The first-order valence-electron chi connectivity index (χ1n) is 10.5. The molecule has 0 aliphatic heterocycles. The highest BCUT2D eigenvalue weighted by molar-refractivity contribution is 5.89. The minimum Gasteiger partial charge on any atom is -0.0622 e. The molecule has 0 heteroatoms. The molecule has 0 saturated heterocycles. The maximum Gasteiger partial charge on any atom is 0.0713 e. The summed E-state index contributed by atoms with van der Waals surface area (Å²) in [5, 5.41) is 2.56. The molecule has 0 heterocycles. The average Bonchev–Trinajstić information content (AvgIpc) is 3.09. The Morgan fingerprint density at radius 2 is 1.17 bits per heavy atom. The molecule has 5 aromatic carbocycles. The molecule has 1 aliphatic carbocycles. The van der Waals surface area contributed by atoms with E-state index in [4.69, 9.17) is 0 Å². The van der Waals surface area contributed by atoms with Gasteiger partial charge < -0.3 is 0 Å². The Kier molecular flexibility index (Phi) is 3.70. The fourth-order valence-corrected chi connectivity index (χ4v) is 5.29. The zero-order valence-corrected chi connectivity index (χ0v) is 17.0. The summed E-state index contributed by atoms with van der Waals surface area (Å²) in [6.07, 6.45) is 0. The van der Waals surface area contributed by atoms with Crippen LogP contribution < -0.4 is 0 Å². The van der Waals surface area contributed by atoms with Gasteiger partial charge in [-0.05, 0) is 57.1 Å². The molecule has 1 aliphatic rings. The number of benzene rings is 5. The Morgan fingerprint density at radius 1 is 0.467 bits per heavy atom. The van der Waals surface area contributed by atoms with Crippen LogP contribution in [-0.2, 0) is 5.41 Å². The number of fused-ring (bicyclic) bond motifs is 4. The van der Waals surface area contributed by atoms with Crippen molar-refractivity contribution < 1.29 is 0 Å². The predicted octanol–water partition coefficient (Wildman–Crippen LogP) is 7.51. The van der Waals surface area contributed by atoms with E-state index in [0.29, 0.717) is 0 Å². The molecule has 0 fully saturated rings. The number of rotatable bonds is 2. The minimum absolute atomic E-state index is 0.316. The molecule has 0 saturated carbocycles. The van der Waals surface area contributed by atoms with Crippen LogP contribution in [0.3, 0.4) is 0 Å². The molecule has 0 spiro atoms. The van der Waals surface area contributed by atoms with Crippen LogP contribution >= 0.6 is 0 Å². The number of hydrogen-bond donors (Lipinski definition) is 0. The smallest absolute Gasteiger partial charge is 0.0622 e. The van der Waals surface area contributed by atoms with Gasteiger partial charge in [0.05, 0.1) is 5.41 Å². The zero-order chi connectivity index (χ0) is 20.1. The van der Waals surface area contributed by atoms with Gasteiger partial charge in [-0.1, -0.05) is 115 Å². The molecule has 0 bridgehead atoms. The van der Waals surface area contributed by atoms with Crippen LogP contribution in [0.1, 0.15) is 27.8 Å². The predicted molar refractivity (Wildman–Crippen MR) is 126 cm³/mol. The van der Waals surface area contributed by atoms with E-state index in [0.717, 1.165) is 0 Å². The lowest BCUT2D eigenvalue weighted by atomic mass is 9.67. The molecule has 0 N–H and O–H groups in total. The van der Waals surface area contributed by atoms with Crippen molar-refractivity contribution >= 4 is 10.8 Å². The lowest BCUT2D eigenvalue weighted by molar-refractivity contribution is 0.769. The van der Waals surface area contributed by atoms with Crippen LogP contribution in [0.4, 0.5) is 0 Å². The first-order chi connectivity index (χ1) is 14.8. The van der Waals surface area contributed by atoms with Gasteiger partial charge in [-0.15, -0.1) is 0 Å². The maximum absolute atomic E-state index is 2.39. The monoisotopic (exact) mass is 382 g/mol. The Bertz CT molecular complexity index is 1390. The lowest BCUT2D eigenvalue weighted by Crippen LogP contribution is -2.28. The van der Waals surface area contributed by atoms with Gasteiger partial charge in [-0.2, -0.15) is 0 Å². The molecule has 0 amide bonds. The molecular weight excluding hydrogens is 360 g/mol. The fourth-order valence-electron chi connectivity index (χ4n) is 5.29. The Hall–Kier alpha value is -3.64. The second-order valence-electron chi connectivity index (χ2n) is 8.27. The van der Waals surface area contributed by atoms with E-state index in [1.807, 2.05) is 0 Å². The highest BCUT2D eigenvalue weighted by atomic mass is 14.5. The van der Waals surface area contributed by atoms with E-state index in [2.05, 4.69) is 122 Å². The van der Waals surface area contributed by atoms with Crippen LogP contribution in [0.5, 0.6) is 0 Å². The van der Waals surface area contributed by atoms with Crippen LogP contribution in [0.2, 0.25) is 0 Å². The van der Waals surface area contributed by atoms with Crippen molar-refractivity contribution in [3.63, 3.8) is 0 Å². The molecule has 1 atom stereocenters. The summed E-state index contributed by atoms with van der Waals surface area (Å²) in [5.74, 6) is 0. The molecular formula is C30H22. The largest absolute Gasteiger partial charge is 0.0713 e. The summed E-state index contributed by atoms with van der Waals surface area (Å²) in [4.78, 5) is 0. The molecule has 1 unspecified atom stereocenters. The summed E-state index contributed by atoms with van der Waals surface area (Å²) in [6.45, 7) is 2.19. The first-order valence-corrected chi connectivity index (χ1v) is 10.5. The lowest BCUT2D eigenvalue weighted by Gasteiger charge is -2.34. The SMILES string of the molecule is Cc1ccc2c(c1)C(c1ccccc1)(c1ccc3ccccc3c1)c1ccccc1-2. The molecule has 142 valence electrons. The van der Waals surface area contributed by atoms with Gasteiger partial charge in [0, 0.05) is 0 Å². The third-order valence-corrected chi connectivity index (χ3v) is 6.59. The maximum atomic E-state index is 2.39. The number of aryl methyl sites for hydroxylation is 1. The van der Waals surface area contributed by atoms with Gasteiger partial charge >= 0.3 is 0 Å². The summed E-state index contributed by atoms with van der Waals surface area (Å²) in [6, 6.07) is 42.5. The van der Waals surface area contributed by atoms with Crippen LogP contribution in [-0.4, -0.2) is 0 Å². The normalized spacial score (nSPS) is 17.0. The summed E-state index contributed by atoms with van der Waals surface area (Å²) in [5.41, 5.74) is 9.04. The fraction of sp³-hybridized carbons (Fsp3) is 0.0667. The van der Waals surface area contributed by atoms with Gasteiger partial charge in [-0.25, -0.2) is 0 Å². The Balaban J connectivity index is 1.80. The molecule has 6 rings (SSSR count). The van der Waals surface area contributed by atoms with Crippen LogP contribution in [0.15, 0.2) is 115 Å². The molecule has 5 aromatic rings. The van der Waals surface area contributed by atoms with Crippen molar-refractivity contribution in [2.24, 2.45) is 0 Å². The summed E-state index contributed by atoms with van der Waals surface area (Å²) in [7, 11) is 0. The van der Waals surface area contributed by atoms with E-state index >= 15 is 0 Å². The van der Waals surface area contributed by atoms with Crippen molar-refractivity contribution in [3.05, 3.63) is 143 Å². The first kappa shape index (κ1) is 17.2. The van der Waals surface area contributed by atoms with Gasteiger partial charge in [0.2, 0.25) is 0 Å². The van der Waals surface area contributed by atoms with Crippen molar-refractivity contribution in [2.45, 2.75) is 12.3 Å². The topological polar surface area (TPSA) is 0 Å². The third-order valence-electron chi connectivity index (χ3n) is 6.59. The molecule has 30 heavy (non-hydrogen) atoms. The van der Waals surface area contributed by atoms with E-state index in [-0.39, 0.29) is 5.41 Å². The zero-order valence-electron chi connectivity index (χ0n) is 17.0. The molecule has 0 nitrogen and oxygen atoms in total. The van der Waals surface area contributed by atoms with E-state index < -0.39 is 0 Å². The highest BCUT2D eigenvalue weighted by Gasteiger charge is 2.45. The van der Waals surface area contributed by atoms with Crippen LogP contribution in [0, 0.1) is 6.92 Å². The van der Waals surface area contributed by atoms with Gasteiger partial charge in [0.1, 0.15) is 0 Å². The summed E-state index contributed by atoms with van der Waals surface area (Å²) >= 11 is 0. The van der Waals surface area contributed by atoms with Crippen molar-refractivity contribution in [1.29, 1.82) is 0 Å². The third kappa shape index (κ3) is 2.28. The minimum atomic E-state index is -0.316.